The maximum absolute atomic E-state index is 12.9. The normalized spacial score (nSPS) is 10.8. The third kappa shape index (κ3) is 3.62. The van der Waals surface area contributed by atoms with Crippen molar-refractivity contribution >= 4 is 17.3 Å². The van der Waals surface area contributed by atoms with Crippen molar-refractivity contribution in [3.05, 3.63) is 64.3 Å². The molecule has 1 N–H and O–H groups in total. The SMILES string of the molecule is Cc1nc(-c2cncc(CCc3ccc(F)cc3)n2)sc1C(=O)O. The van der Waals surface area contributed by atoms with Gasteiger partial charge in [0.05, 0.1) is 17.6 Å². The van der Waals surface area contributed by atoms with Crippen molar-refractivity contribution < 1.29 is 14.3 Å². The average molecular weight is 343 g/mol. The van der Waals surface area contributed by atoms with Gasteiger partial charge in [-0.15, -0.1) is 11.3 Å². The molecule has 1 aromatic carbocycles. The van der Waals surface area contributed by atoms with E-state index >= 15 is 0 Å². The van der Waals surface area contributed by atoms with Gasteiger partial charge < -0.3 is 5.11 Å². The van der Waals surface area contributed by atoms with Gasteiger partial charge in [-0.25, -0.2) is 19.2 Å². The lowest BCUT2D eigenvalue weighted by Gasteiger charge is -2.03. The zero-order valence-corrected chi connectivity index (χ0v) is 13.7. The van der Waals surface area contributed by atoms with E-state index in [0.29, 0.717) is 22.8 Å². The Labute approximate surface area is 141 Å². The molecule has 0 amide bonds. The van der Waals surface area contributed by atoms with Crippen LogP contribution in [0.3, 0.4) is 0 Å². The first-order valence-corrected chi connectivity index (χ1v) is 8.11. The number of aromatic nitrogens is 3. The summed E-state index contributed by atoms with van der Waals surface area (Å²) in [6.45, 7) is 1.66. The number of benzene rings is 1. The number of hydrogen-bond donors (Lipinski definition) is 1. The van der Waals surface area contributed by atoms with Gasteiger partial charge in [-0.2, -0.15) is 0 Å². The number of aromatic carboxylic acids is 1. The Balaban J connectivity index is 1.77. The quantitative estimate of drug-likeness (QED) is 0.767. The highest BCUT2D eigenvalue weighted by atomic mass is 32.1. The van der Waals surface area contributed by atoms with Crippen LogP contribution in [-0.4, -0.2) is 26.0 Å². The summed E-state index contributed by atoms with van der Waals surface area (Å²) in [6.07, 6.45) is 4.62. The molecule has 0 aliphatic rings. The Hall–Kier alpha value is -2.67. The molecule has 0 saturated carbocycles. The zero-order chi connectivity index (χ0) is 17.1. The molecule has 3 aromatic rings. The van der Waals surface area contributed by atoms with Crippen molar-refractivity contribution in [3.63, 3.8) is 0 Å². The number of aryl methyl sites for hydroxylation is 3. The van der Waals surface area contributed by atoms with Crippen LogP contribution >= 0.6 is 11.3 Å². The van der Waals surface area contributed by atoms with Crippen LogP contribution in [0.4, 0.5) is 4.39 Å². The second kappa shape index (κ2) is 6.84. The largest absolute Gasteiger partial charge is 0.477 e. The van der Waals surface area contributed by atoms with E-state index in [-0.39, 0.29) is 10.7 Å². The van der Waals surface area contributed by atoms with Gasteiger partial charge in [0.2, 0.25) is 0 Å². The minimum absolute atomic E-state index is 0.212. The highest BCUT2D eigenvalue weighted by Crippen LogP contribution is 2.26. The molecule has 0 bridgehead atoms. The van der Waals surface area contributed by atoms with Crippen LogP contribution in [0.5, 0.6) is 0 Å². The van der Waals surface area contributed by atoms with Crippen LogP contribution in [0.15, 0.2) is 36.7 Å². The fraction of sp³-hybridized carbons (Fsp3) is 0.176. The Kier molecular flexibility index (Phi) is 4.61. The fourth-order valence-corrected chi connectivity index (χ4v) is 3.12. The minimum atomic E-state index is -0.989. The van der Waals surface area contributed by atoms with E-state index in [1.807, 2.05) is 0 Å². The number of carbonyl (C=O) groups is 1. The van der Waals surface area contributed by atoms with Crippen molar-refractivity contribution in [2.24, 2.45) is 0 Å². The number of thiazole rings is 1. The summed E-state index contributed by atoms with van der Waals surface area (Å²) in [5.74, 6) is -1.24. The first-order chi connectivity index (χ1) is 11.5. The van der Waals surface area contributed by atoms with Crippen molar-refractivity contribution in [1.82, 2.24) is 15.0 Å². The maximum Gasteiger partial charge on any atom is 0.347 e. The van der Waals surface area contributed by atoms with E-state index in [9.17, 15) is 9.18 Å². The molecule has 0 fully saturated rings. The van der Waals surface area contributed by atoms with Crippen LogP contribution in [0.25, 0.3) is 10.7 Å². The van der Waals surface area contributed by atoms with Crippen LogP contribution in [0.2, 0.25) is 0 Å². The van der Waals surface area contributed by atoms with E-state index in [1.165, 1.54) is 12.1 Å². The predicted molar refractivity (Wildman–Crippen MR) is 88.6 cm³/mol. The molecule has 0 aliphatic carbocycles. The number of halogens is 1. The van der Waals surface area contributed by atoms with Gasteiger partial charge in [-0.05, 0) is 37.5 Å². The molecule has 0 aliphatic heterocycles. The summed E-state index contributed by atoms with van der Waals surface area (Å²) in [6, 6.07) is 6.36. The third-order valence-electron chi connectivity index (χ3n) is 3.48. The summed E-state index contributed by atoms with van der Waals surface area (Å²) in [5, 5.41) is 9.66. The van der Waals surface area contributed by atoms with E-state index < -0.39 is 5.97 Å². The van der Waals surface area contributed by atoms with E-state index in [1.54, 1.807) is 31.5 Å². The number of rotatable bonds is 5. The Morgan fingerprint density at radius 1 is 1.17 bits per heavy atom. The summed E-state index contributed by atoms with van der Waals surface area (Å²) >= 11 is 1.09. The molecule has 24 heavy (non-hydrogen) atoms. The molecule has 2 aromatic heterocycles. The van der Waals surface area contributed by atoms with Gasteiger partial charge in [0, 0.05) is 6.20 Å². The molecule has 0 atom stereocenters. The van der Waals surface area contributed by atoms with Gasteiger partial charge in [-0.3, -0.25) is 4.98 Å². The number of nitrogens with zero attached hydrogens (tertiary/aromatic N) is 3. The van der Waals surface area contributed by atoms with Crippen LogP contribution in [0, 0.1) is 12.7 Å². The maximum atomic E-state index is 12.9. The molecule has 7 heteroatoms. The molecule has 122 valence electrons. The predicted octanol–water partition coefficient (Wildman–Crippen LogP) is 3.53. The average Bonchev–Trinajstić information content (AvgIpc) is 2.97. The monoisotopic (exact) mass is 343 g/mol. The topological polar surface area (TPSA) is 76.0 Å². The second-order valence-corrected chi connectivity index (χ2v) is 6.26. The lowest BCUT2D eigenvalue weighted by molar-refractivity contribution is 0.0701. The lowest BCUT2D eigenvalue weighted by Crippen LogP contribution is -1.97. The van der Waals surface area contributed by atoms with Crippen molar-refractivity contribution in [2.45, 2.75) is 19.8 Å². The van der Waals surface area contributed by atoms with Crippen molar-refractivity contribution in [1.29, 1.82) is 0 Å². The van der Waals surface area contributed by atoms with E-state index in [2.05, 4.69) is 15.0 Å². The molecule has 3 rings (SSSR count). The third-order valence-corrected chi connectivity index (χ3v) is 4.65. The molecule has 2 heterocycles. The molecule has 0 radical (unpaired) electrons. The number of hydrogen-bond acceptors (Lipinski definition) is 5. The summed E-state index contributed by atoms with van der Waals surface area (Å²) in [7, 11) is 0. The summed E-state index contributed by atoms with van der Waals surface area (Å²) < 4.78 is 12.9. The highest BCUT2D eigenvalue weighted by Gasteiger charge is 2.16. The van der Waals surface area contributed by atoms with Gasteiger partial charge in [0.1, 0.15) is 21.4 Å². The van der Waals surface area contributed by atoms with Crippen molar-refractivity contribution in [2.75, 3.05) is 0 Å². The van der Waals surface area contributed by atoms with E-state index in [4.69, 9.17) is 5.11 Å². The molecule has 0 spiro atoms. The molecule has 0 unspecified atom stereocenters. The van der Waals surface area contributed by atoms with Gasteiger partial charge in [0.15, 0.2) is 0 Å². The van der Waals surface area contributed by atoms with Gasteiger partial charge in [-0.1, -0.05) is 12.1 Å². The lowest BCUT2D eigenvalue weighted by atomic mass is 10.1. The van der Waals surface area contributed by atoms with Crippen LogP contribution < -0.4 is 0 Å². The summed E-state index contributed by atoms with van der Waals surface area (Å²) in [4.78, 5) is 24.3. The Morgan fingerprint density at radius 3 is 2.58 bits per heavy atom. The first kappa shape index (κ1) is 16.2. The van der Waals surface area contributed by atoms with Gasteiger partial charge >= 0.3 is 5.97 Å². The van der Waals surface area contributed by atoms with Crippen molar-refractivity contribution in [3.8, 4) is 10.7 Å². The number of carboxylic acids is 1. The molecular weight excluding hydrogens is 329 g/mol. The van der Waals surface area contributed by atoms with Crippen LogP contribution in [0.1, 0.15) is 26.6 Å². The smallest absolute Gasteiger partial charge is 0.347 e. The van der Waals surface area contributed by atoms with E-state index in [0.717, 1.165) is 29.0 Å². The first-order valence-electron chi connectivity index (χ1n) is 7.29. The fourth-order valence-electron chi connectivity index (χ4n) is 2.26. The Morgan fingerprint density at radius 2 is 1.92 bits per heavy atom. The molecule has 0 saturated heterocycles. The minimum Gasteiger partial charge on any atom is -0.477 e. The molecular formula is C17H14FN3O2S. The second-order valence-electron chi connectivity index (χ2n) is 5.26. The zero-order valence-electron chi connectivity index (χ0n) is 12.9. The standard InChI is InChI=1S/C17H14FN3O2S/c1-10-15(17(22)23)24-16(20-10)14-9-19-8-13(21-14)7-4-11-2-5-12(18)6-3-11/h2-3,5-6,8-9H,4,7H2,1H3,(H,22,23). The number of carboxylic acid groups (broad SMARTS) is 1. The molecule has 5 nitrogen and oxygen atoms in total. The highest BCUT2D eigenvalue weighted by molar-refractivity contribution is 7.16. The Bertz CT molecular complexity index is 878. The van der Waals surface area contributed by atoms with Crippen LogP contribution in [-0.2, 0) is 12.8 Å². The summed E-state index contributed by atoms with van der Waals surface area (Å²) in [5.41, 5.74) is 2.83. The van der Waals surface area contributed by atoms with Gasteiger partial charge in [0.25, 0.3) is 0 Å².